The summed E-state index contributed by atoms with van der Waals surface area (Å²) in [4.78, 5) is 54.8. The van der Waals surface area contributed by atoms with Crippen LogP contribution in [0.25, 0.3) is 11.0 Å². The minimum atomic E-state index is -0.713. The van der Waals surface area contributed by atoms with Crippen molar-refractivity contribution in [3.63, 3.8) is 0 Å². The zero-order valence-corrected chi connectivity index (χ0v) is 29.1. The molecule has 3 amide bonds. The Morgan fingerprint density at radius 2 is 1.75 bits per heavy atom. The molecule has 2 aliphatic heterocycles. The molecule has 258 valence electrons. The maximum Gasteiger partial charge on any atom is 0.329 e. The molecule has 1 saturated heterocycles. The van der Waals surface area contributed by atoms with E-state index in [1.807, 2.05) is 52.0 Å². The van der Waals surface area contributed by atoms with Crippen LogP contribution in [0.5, 0.6) is 5.75 Å². The molecule has 48 heavy (non-hydrogen) atoms. The highest BCUT2D eigenvalue weighted by Gasteiger charge is 2.36. The van der Waals surface area contributed by atoms with E-state index in [1.165, 1.54) is 0 Å². The Morgan fingerprint density at radius 3 is 2.46 bits per heavy atom. The largest absolute Gasteiger partial charge is 0.489 e. The van der Waals surface area contributed by atoms with Gasteiger partial charge in [-0.2, -0.15) is 0 Å². The van der Waals surface area contributed by atoms with Crippen molar-refractivity contribution >= 4 is 46.0 Å². The summed E-state index contributed by atoms with van der Waals surface area (Å²) in [7, 11) is 0. The van der Waals surface area contributed by atoms with Gasteiger partial charge in [-0.25, -0.2) is 4.79 Å². The van der Waals surface area contributed by atoms with Gasteiger partial charge in [0.25, 0.3) is 5.91 Å². The van der Waals surface area contributed by atoms with E-state index in [2.05, 4.69) is 26.9 Å². The van der Waals surface area contributed by atoms with Gasteiger partial charge in [0.15, 0.2) is 0 Å². The van der Waals surface area contributed by atoms with E-state index in [9.17, 15) is 19.2 Å². The lowest BCUT2D eigenvalue weighted by molar-refractivity contribution is -0.124. The van der Waals surface area contributed by atoms with Crippen LogP contribution in [0.2, 0.25) is 5.02 Å². The van der Waals surface area contributed by atoms with Gasteiger partial charge in [0.1, 0.15) is 18.4 Å². The number of carbonyl (C=O) groups excluding carboxylic acids is 3. The molecule has 3 heterocycles. The average Bonchev–Trinajstić information content (AvgIpc) is 3.33. The third-order valence-electron chi connectivity index (χ3n) is 9.42. The molecule has 3 N–H and O–H groups in total. The second-order valence-corrected chi connectivity index (χ2v) is 13.7. The molecule has 1 aromatic heterocycles. The number of hydrogen-bond acceptors (Lipinski definition) is 6. The Morgan fingerprint density at radius 1 is 1.02 bits per heavy atom. The number of nitrogens with one attached hydrogen (secondary N) is 3. The number of imidazole rings is 1. The number of nitrogens with zero attached hydrogens (tertiary/aromatic N) is 3. The number of ether oxygens (including phenoxy) is 1. The molecule has 0 unspecified atom stereocenters. The second kappa shape index (κ2) is 15.4. The van der Waals surface area contributed by atoms with Crippen molar-refractivity contribution in [2.24, 2.45) is 11.3 Å². The third kappa shape index (κ3) is 8.13. The topological polar surface area (TPSA) is 127 Å². The zero-order chi connectivity index (χ0) is 34.4. The van der Waals surface area contributed by atoms with Crippen molar-refractivity contribution < 1.29 is 19.1 Å². The SMILES string of the molecule is CCn1c(=O)n(CC)c2cc(NC(=O)CN3CCC4(C/C=C/COc5ccc(Cl)cc5C(=O)N[C@@H](CC(C)C)C(=O)NC4)CC3)ccc21. The number of allylic oxidation sites excluding steroid dienone is 1. The number of hydrogen-bond donors (Lipinski definition) is 3. The average molecular weight is 679 g/mol. The first kappa shape index (κ1) is 35.2. The first-order valence-electron chi connectivity index (χ1n) is 16.9. The lowest BCUT2D eigenvalue weighted by Crippen LogP contribution is -2.52. The predicted molar refractivity (Wildman–Crippen MR) is 189 cm³/mol. The molecule has 3 aromatic rings. The predicted octanol–water partition coefficient (Wildman–Crippen LogP) is 4.82. The molecule has 12 heteroatoms. The summed E-state index contributed by atoms with van der Waals surface area (Å²) in [5, 5.41) is 9.51. The number of fused-ring (bicyclic) bond motifs is 2. The van der Waals surface area contributed by atoms with Gasteiger partial charge in [0.2, 0.25) is 11.8 Å². The molecule has 11 nitrogen and oxygen atoms in total. The van der Waals surface area contributed by atoms with Crippen LogP contribution in [-0.4, -0.2) is 70.6 Å². The van der Waals surface area contributed by atoms with Gasteiger partial charge < -0.3 is 20.7 Å². The van der Waals surface area contributed by atoms with Crippen molar-refractivity contribution in [3.05, 3.63) is 69.6 Å². The van der Waals surface area contributed by atoms with Crippen molar-refractivity contribution in [2.75, 3.05) is 38.1 Å². The first-order valence-corrected chi connectivity index (χ1v) is 17.3. The molecule has 0 aliphatic carbocycles. The third-order valence-corrected chi connectivity index (χ3v) is 9.66. The first-order chi connectivity index (χ1) is 23.0. The van der Waals surface area contributed by atoms with E-state index in [-0.39, 0.29) is 42.0 Å². The maximum atomic E-state index is 13.5. The second-order valence-electron chi connectivity index (χ2n) is 13.3. The maximum absolute atomic E-state index is 13.5. The fraction of sp³-hybridized carbons (Fsp3) is 0.500. The molecule has 2 aromatic carbocycles. The lowest BCUT2D eigenvalue weighted by atomic mass is 9.75. The van der Waals surface area contributed by atoms with Crippen LogP contribution in [0.1, 0.15) is 63.7 Å². The number of aromatic nitrogens is 2. The van der Waals surface area contributed by atoms with Gasteiger partial charge in [-0.05, 0) is 100 Å². The van der Waals surface area contributed by atoms with E-state index < -0.39 is 11.9 Å². The molecule has 1 fully saturated rings. The Hall–Kier alpha value is -4.09. The summed E-state index contributed by atoms with van der Waals surface area (Å²) in [6.45, 7) is 11.4. The smallest absolute Gasteiger partial charge is 0.329 e. The van der Waals surface area contributed by atoms with Gasteiger partial charge in [-0.1, -0.05) is 37.6 Å². The summed E-state index contributed by atoms with van der Waals surface area (Å²) in [6, 6.07) is 9.79. The van der Waals surface area contributed by atoms with Crippen LogP contribution in [0.4, 0.5) is 5.69 Å². The summed E-state index contributed by atoms with van der Waals surface area (Å²) in [5.74, 6) is -0.159. The minimum absolute atomic E-state index is 0.0482. The number of aryl methyl sites for hydroxylation is 2. The van der Waals surface area contributed by atoms with Crippen LogP contribution < -0.4 is 26.4 Å². The summed E-state index contributed by atoms with van der Waals surface area (Å²) in [5.41, 5.74) is 2.36. The van der Waals surface area contributed by atoms with Gasteiger partial charge >= 0.3 is 5.69 Å². The summed E-state index contributed by atoms with van der Waals surface area (Å²) in [6.07, 6.45) is 6.82. The van der Waals surface area contributed by atoms with E-state index in [0.717, 1.165) is 30.3 Å². The molecule has 2 aliphatic rings. The van der Waals surface area contributed by atoms with Gasteiger partial charge in [0.05, 0.1) is 23.1 Å². The number of carbonyl (C=O) groups is 3. The minimum Gasteiger partial charge on any atom is -0.489 e. The van der Waals surface area contributed by atoms with Crippen molar-refractivity contribution in [3.8, 4) is 5.75 Å². The molecule has 5 rings (SSSR count). The number of halogens is 1. The molecule has 0 saturated carbocycles. The Bertz CT molecular complexity index is 1740. The van der Waals surface area contributed by atoms with E-state index >= 15 is 0 Å². The van der Waals surface area contributed by atoms with Crippen molar-refractivity contribution in [1.29, 1.82) is 0 Å². The highest BCUT2D eigenvalue weighted by molar-refractivity contribution is 6.31. The van der Waals surface area contributed by atoms with Crippen LogP contribution >= 0.6 is 11.6 Å². The quantitative estimate of drug-likeness (QED) is 0.308. The molecule has 1 spiro atoms. The molecular formula is C36H47ClN6O5. The summed E-state index contributed by atoms with van der Waals surface area (Å²) >= 11 is 6.20. The summed E-state index contributed by atoms with van der Waals surface area (Å²) < 4.78 is 9.41. The van der Waals surface area contributed by atoms with Gasteiger partial charge in [-0.3, -0.25) is 28.4 Å². The fourth-order valence-electron chi connectivity index (χ4n) is 6.73. The number of anilines is 1. The highest BCUT2D eigenvalue weighted by Crippen LogP contribution is 2.35. The highest BCUT2D eigenvalue weighted by atomic mass is 35.5. The van der Waals surface area contributed by atoms with Crippen LogP contribution in [0, 0.1) is 11.3 Å². The standard InChI is InChI=1S/C36H47ClN6O5/c1-5-42-29-11-10-26(21-30(29)43(6-2)35(42)47)39-32(44)22-41-16-14-36(15-17-41)13-7-8-18-48-31-12-9-25(37)20-27(31)33(45)40-28(19-24(3)4)34(46)38-23-36/h7-12,20-21,24,28H,5-6,13-19,22-23H2,1-4H3,(H,38,46)(H,39,44)(H,40,45)/b8-7+/t28-/m0/s1. The Kier molecular flexibility index (Phi) is 11.3. The van der Waals surface area contributed by atoms with Gasteiger partial charge in [-0.15, -0.1) is 0 Å². The normalized spacial score (nSPS) is 19.7. The van der Waals surface area contributed by atoms with E-state index in [1.54, 1.807) is 27.3 Å². The van der Waals surface area contributed by atoms with Crippen molar-refractivity contribution in [1.82, 2.24) is 24.7 Å². The number of likely N-dealkylation sites (tertiary alicyclic amines) is 1. The van der Waals surface area contributed by atoms with Crippen molar-refractivity contribution in [2.45, 2.75) is 72.5 Å². The molecule has 0 radical (unpaired) electrons. The molecular weight excluding hydrogens is 632 g/mol. The monoisotopic (exact) mass is 678 g/mol. The lowest BCUT2D eigenvalue weighted by Gasteiger charge is -2.41. The number of rotatable bonds is 7. The number of benzene rings is 2. The van der Waals surface area contributed by atoms with Crippen LogP contribution in [-0.2, 0) is 22.7 Å². The van der Waals surface area contributed by atoms with Gasteiger partial charge in [0, 0.05) is 30.3 Å². The number of piperidine rings is 1. The Labute approximate surface area is 286 Å². The molecule has 1 atom stereocenters. The fourth-order valence-corrected chi connectivity index (χ4v) is 6.90. The zero-order valence-electron chi connectivity index (χ0n) is 28.3. The Balaban J connectivity index is 1.25. The van der Waals surface area contributed by atoms with E-state index in [4.69, 9.17) is 16.3 Å². The number of amides is 3. The van der Waals surface area contributed by atoms with Crippen LogP contribution in [0.15, 0.2) is 53.3 Å². The molecule has 0 bridgehead atoms. The van der Waals surface area contributed by atoms with E-state index in [0.29, 0.717) is 61.2 Å². The van der Waals surface area contributed by atoms with Crippen LogP contribution in [0.3, 0.4) is 0 Å².